The number of aliphatic imine (C=N–C) groups is 1. The highest BCUT2D eigenvalue weighted by Gasteiger charge is 2.52. The van der Waals surface area contributed by atoms with Crippen LogP contribution in [0.1, 0.15) is 60.0 Å². The van der Waals surface area contributed by atoms with Crippen molar-refractivity contribution in [1.29, 1.82) is 0 Å². The number of amidine groups is 1. The molecule has 0 heterocycles. The minimum atomic E-state index is -0.361. The fourth-order valence-corrected chi connectivity index (χ4v) is 6.99. The Hall–Kier alpha value is -3.08. The first-order valence-electron chi connectivity index (χ1n) is 12.4. The molecular formula is C29H34N2O3. The molecule has 0 saturated heterocycles. The lowest BCUT2D eigenvalue weighted by Gasteiger charge is -2.57. The van der Waals surface area contributed by atoms with Gasteiger partial charge in [-0.25, -0.2) is 9.79 Å². The molecule has 0 amide bonds. The molecule has 0 aromatic heterocycles. The van der Waals surface area contributed by atoms with E-state index in [0.29, 0.717) is 5.56 Å². The van der Waals surface area contributed by atoms with Gasteiger partial charge in [-0.1, -0.05) is 12.7 Å². The zero-order valence-electron chi connectivity index (χ0n) is 20.2. The van der Waals surface area contributed by atoms with Crippen LogP contribution in [0, 0.1) is 17.8 Å². The van der Waals surface area contributed by atoms with Crippen molar-refractivity contribution in [3.05, 3.63) is 71.8 Å². The van der Waals surface area contributed by atoms with Crippen LogP contribution in [-0.2, 0) is 10.2 Å². The summed E-state index contributed by atoms with van der Waals surface area (Å²) in [6.07, 6.45) is 9.67. The standard InChI is InChI=1S/C29H34N2O3/c1-4-11-34-28(32)22-5-8-24(9-6-22)31-27(30-2)23-7-10-26(33-3)25(15-23)29-16-19-12-20(17-29)14-21(13-19)18-29/h4-10,15,19-21H,1,11-14,16-18H2,2-3H3,(H,30,31). The van der Waals surface area contributed by atoms with Crippen molar-refractivity contribution in [2.45, 2.75) is 43.9 Å². The highest BCUT2D eigenvalue weighted by atomic mass is 16.5. The smallest absolute Gasteiger partial charge is 0.338 e. The number of benzene rings is 2. The van der Waals surface area contributed by atoms with Gasteiger partial charge >= 0.3 is 5.97 Å². The number of carbonyl (C=O) groups is 1. The molecule has 1 N–H and O–H groups in total. The molecule has 5 nitrogen and oxygen atoms in total. The fourth-order valence-electron chi connectivity index (χ4n) is 6.99. The molecule has 0 unspecified atom stereocenters. The topological polar surface area (TPSA) is 59.9 Å². The van der Waals surface area contributed by atoms with Crippen molar-refractivity contribution in [2.24, 2.45) is 22.7 Å². The molecule has 4 saturated carbocycles. The van der Waals surface area contributed by atoms with Crippen LogP contribution in [0.3, 0.4) is 0 Å². The molecule has 178 valence electrons. The Labute approximate surface area is 202 Å². The van der Waals surface area contributed by atoms with E-state index < -0.39 is 0 Å². The molecule has 4 fully saturated rings. The average Bonchev–Trinajstić information content (AvgIpc) is 2.85. The highest BCUT2D eigenvalue weighted by Crippen LogP contribution is 2.61. The first-order valence-corrected chi connectivity index (χ1v) is 12.4. The number of hydrogen-bond acceptors (Lipinski definition) is 4. The maximum atomic E-state index is 12.0. The molecule has 0 atom stereocenters. The van der Waals surface area contributed by atoms with Gasteiger partial charge < -0.3 is 14.8 Å². The number of rotatable bonds is 7. The third-order valence-electron chi connectivity index (χ3n) is 8.00. The molecule has 0 spiro atoms. The van der Waals surface area contributed by atoms with Gasteiger partial charge in [0.1, 0.15) is 18.2 Å². The fraction of sp³-hybridized carbons (Fsp3) is 0.448. The average molecular weight is 459 g/mol. The lowest BCUT2D eigenvalue weighted by molar-refractivity contribution is -0.00616. The predicted octanol–water partition coefficient (Wildman–Crippen LogP) is 5.80. The SMILES string of the molecule is C=CCOC(=O)c1ccc(N=C(NC)c2ccc(OC)c(C34CC5CC(CC(C5)C3)C4)c2)cc1. The highest BCUT2D eigenvalue weighted by molar-refractivity contribution is 6.00. The summed E-state index contributed by atoms with van der Waals surface area (Å²) in [5.74, 6) is 4.05. The van der Waals surface area contributed by atoms with Gasteiger partial charge in [-0.2, -0.15) is 0 Å². The molecule has 4 aliphatic carbocycles. The van der Waals surface area contributed by atoms with E-state index >= 15 is 0 Å². The van der Waals surface area contributed by atoms with E-state index in [2.05, 4.69) is 30.1 Å². The first-order chi connectivity index (χ1) is 16.5. The van der Waals surface area contributed by atoms with E-state index in [4.69, 9.17) is 14.5 Å². The van der Waals surface area contributed by atoms with Crippen LogP contribution in [-0.4, -0.2) is 32.6 Å². The zero-order chi connectivity index (χ0) is 23.7. The Morgan fingerprint density at radius 1 is 1.06 bits per heavy atom. The Kier molecular flexibility index (Phi) is 6.20. The maximum absolute atomic E-state index is 12.0. The van der Waals surface area contributed by atoms with Gasteiger partial charge in [0.25, 0.3) is 0 Å². The summed E-state index contributed by atoms with van der Waals surface area (Å²) in [7, 11) is 3.68. The van der Waals surface area contributed by atoms with Crippen molar-refractivity contribution in [1.82, 2.24) is 5.32 Å². The van der Waals surface area contributed by atoms with E-state index in [0.717, 1.165) is 40.6 Å². The molecule has 0 aliphatic heterocycles. The summed E-state index contributed by atoms with van der Waals surface area (Å²) >= 11 is 0. The Balaban J connectivity index is 1.44. The second kappa shape index (κ2) is 9.28. The summed E-state index contributed by atoms with van der Waals surface area (Å²) in [6, 6.07) is 13.7. The maximum Gasteiger partial charge on any atom is 0.338 e. The number of nitrogens with one attached hydrogen (secondary N) is 1. The molecule has 34 heavy (non-hydrogen) atoms. The first kappa shape index (κ1) is 22.7. The Morgan fingerprint density at radius 3 is 2.24 bits per heavy atom. The van der Waals surface area contributed by atoms with Crippen molar-refractivity contribution in [3.63, 3.8) is 0 Å². The van der Waals surface area contributed by atoms with Gasteiger partial charge in [0, 0.05) is 18.2 Å². The summed E-state index contributed by atoms with van der Waals surface area (Å²) in [6.45, 7) is 3.77. The Bertz CT molecular complexity index is 1070. The van der Waals surface area contributed by atoms with Crippen molar-refractivity contribution in [3.8, 4) is 5.75 Å². The van der Waals surface area contributed by atoms with Crippen LogP contribution >= 0.6 is 0 Å². The van der Waals surface area contributed by atoms with E-state index in [1.54, 1.807) is 25.3 Å². The van der Waals surface area contributed by atoms with Crippen molar-refractivity contribution in [2.75, 3.05) is 20.8 Å². The minimum absolute atomic E-state index is 0.201. The number of hydrogen-bond donors (Lipinski definition) is 1. The normalized spacial score (nSPS) is 27.4. The minimum Gasteiger partial charge on any atom is -0.496 e. The quantitative estimate of drug-likeness (QED) is 0.246. The third kappa shape index (κ3) is 4.24. The number of esters is 1. The van der Waals surface area contributed by atoms with E-state index in [-0.39, 0.29) is 18.0 Å². The van der Waals surface area contributed by atoms with E-state index in [1.165, 1.54) is 44.1 Å². The van der Waals surface area contributed by atoms with Crippen LogP contribution in [0.4, 0.5) is 5.69 Å². The zero-order valence-corrected chi connectivity index (χ0v) is 20.2. The number of nitrogens with zero attached hydrogens (tertiary/aromatic N) is 1. The molecular weight excluding hydrogens is 424 g/mol. The summed E-state index contributed by atoms with van der Waals surface area (Å²) in [5.41, 5.74) is 3.93. The van der Waals surface area contributed by atoms with Gasteiger partial charge in [-0.3, -0.25) is 0 Å². The van der Waals surface area contributed by atoms with E-state index in [9.17, 15) is 4.79 Å². The van der Waals surface area contributed by atoms with Crippen LogP contribution < -0.4 is 10.1 Å². The van der Waals surface area contributed by atoms with Crippen molar-refractivity contribution >= 4 is 17.5 Å². The lowest BCUT2D eigenvalue weighted by atomic mass is 9.48. The van der Waals surface area contributed by atoms with Crippen LogP contribution in [0.15, 0.2) is 60.1 Å². The largest absolute Gasteiger partial charge is 0.496 e. The second-order valence-corrected chi connectivity index (χ2v) is 10.3. The summed E-state index contributed by atoms with van der Waals surface area (Å²) < 4.78 is 11.0. The van der Waals surface area contributed by atoms with Gasteiger partial charge in [-0.05, 0) is 104 Å². The lowest BCUT2D eigenvalue weighted by Crippen LogP contribution is -2.48. The molecule has 2 aromatic carbocycles. The van der Waals surface area contributed by atoms with Gasteiger partial charge in [0.05, 0.1) is 18.4 Å². The monoisotopic (exact) mass is 458 g/mol. The third-order valence-corrected chi connectivity index (χ3v) is 8.00. The molecule has 6 rings (SSSR count). The molecule has 0 radical (unpaired) electrons. The van der Waals surface area contributed by atoms with Crippen LogP contribution in [0.5, 0.6) is 5.75 Å². The van der Waals surface area contributed by atoms with Crippen molar-refractivity contribution < 1.29 is 14.3 Å². The number of carbonyl (C=O) groups excluding carboxylic acids is 1. The van der Waals surface area contributed by atoms with Gasteiger partial charge in [-0.15, -0.1) is 0 Å². The van der Waals surface area contributed by atoms with Crippen LogP contribution in [0.2, 0.25) is 0 Å². The molecule has 5 heteroatoms. The predicted molar refractivity (Wildman–Crippen MR) is 135 cm³/mol. The summed E-state index contributed by atoms with van der Waals surface area (Å²) in [5, 5.41) is 3.28. The van der Waals surface area contributed by atoms with Crippen LogP contribution in [0.25, 0.3) is 0 Å². The number of methoxy groups -OCH3 is 1. The second-order valence-electron chi connectivity index (χ2n) is 10.3. The van der Waals surface area contributed by atoms with E-state index in [1.807, 2.05) is 19.2 Å². The van der Waals surface area contributed by atoms with Gasteiger partial charge in [0.15, 0.2) is 0 Å². The molecule has 4 aliphatic rings. The summed E-state index contributed by atoms with van der Waals surface area (Å²) in [4.78, 5) is 16.9. The molecule has 4 bridgehead atoms. The van der Waals surface area contributed by atoms with Gasteiger partial charge in [0.2, 0.25) is 0 Å². The Morgan fingerprint density at radius 2 is 1.68 bits per heavy atom. The number of ether oxygens (including phenoxy) is 2. The molecule has 2 aromatic rings.